The van der Waals surface area contributed by atoms with Crippen molar-refractivity contribution in [2.24, 2.45) is 0 Å². The van der Waals surface area contributed by atoms with Crippen LogP contribution < -0.4 is 0 Å². The van der Waals surface area contributed by atoms with E-state index < -0.39 is 8.80 Å². The van der Waals surface area contributed by atoms with Gasteiger partial charge in [-0.1, -0.05) is 42.5 Å². The van der Waals surface area contributed by atoms with Crippen LogP contribution in [0.4, 0.5) is 0 Å². The van der Waals surface area contributed by atoms with Crippen LogP contribution in [0, 0.1) is 0 Å². The Morgan fingerprint density at radius 2 is 1.17 bits per heavy atom. The first kappa shape index (κ1) is 25.6. The van der Waals surface area contributed by atoms with Gasteiger partial charge in [0.25, 0.3) is 0 Å². The maximum absolute atomic E-state index is 5.92. The number of benzene rings is 1. The molecule has 7 heteroatoms. The second-order valence-electron chi connectivity index (χ2n) is 7.91. The monoisotopic (exact) mass is 497 g/mol. The Kier molecular flexibility index (Phi) is 8.86. The minimum atomic E-state index is -2.85. The molecule has 0 amide bonds. The Morgan fingerprint density at radius 1 is 0.639 bits per heavy atom. The second kappa shape index (κ2) is 12.5. The summed E-state index contributed by atoms with van der Waals surface area (Å²) in [7, 11) is -2.85. The zero-order chi connectivity index (χ0) is 25.2. The van der Waals surface area contributed by atoms with Gasteiger partial charge in [-0.25, -0.2) is 4.98 Å². The lowest BCUT2D eigenvalue weighted by molar-refractivity contribution is 0.0845. The lowest BCUT2D eigenvalue weighted by atomic mass is 10.0. The van der Waals surface area contributed by atoms with Crippen LogP contribution in [0.15, 0.2) is 90.9 Å². The van der Waals surface area contributed by atoms with E-state index >= 15 is 0 Å². The van der Waals surface area contributed by atoms with Crippen molar-refractivity contribution >= 4 is 14.9 Å². The van der Waals surface area contributed by atoms with E-state index in [0.29, 0.717) is 19.8 Å². The largest absolute Gasteiger partial charge is 0.529 e. The number of nitrogens with zero attached hydrogens (tertiary/aromatic N) is 3. The molecule has 4 rings (SSSR count). The first-order valence-corrected chi connectivity index (χ1v) is 14.0. The molecular weight excluding hydrogens is 466 g/mol. The van der Waals surface area contributed by atoms with Gasteiger partial charge in [0, 0.05) is 32.2 Å². The van der Waals surface area contributed by atoms with Crippen LogP contribution in [0.1, 0.15) is 26.3 Å². The minimum absolute atomic E-state index is 0.536. The van der Waals surface area contributed by atoms with Gasteiger partial charge in [0.2, 0.25) is 0 Å². The van der Waals surface area contributed by atoms with E-state index in [0.717, 1.165) is 39.5 Å². The highest BCUT2D eigenvalue weighted by Crippen LogP contribution is 2.29. The summed E-state index contributed by atoms with van der Waals surface area (Å²) in [5, 5.41) is 0. The molecule has 6 nitrogen and oxygen atoms in total. The van der Waals surface area contributed by atoms with E-state index in [1.807, 2.05) is 68.9 Å². The summed E-state index contributed by atoms with van der Waals surface area (Å²) in [6.07, 6.45) is 5.57. The Bertz CT molecular complexity index is 1190. The third kappa shape index (κ3) is 6.38. The van der Waals surface area contributed by atoms with Gasteiger partial charge in [0.05, 0.1) is 22.8 Å². The molecule has 1 aromatic carbocycles. The van der Waals surface area contributed by atoms with E-state index in [-0.39, 0.29) is 0 Å². The molecule has 0 radical (unpaired) electrons. The fraction of sp³-hybridized carbons (Fsp3) is 0.207. The number of hydrogen-bond acceptors (Lipinski definition) is 6. The quantitative estimate of drug-likeness (QED) is 0.221. The van der Waals surface area contributed by atoms with E-state index in [1.165, 1.54) is 0 Å². The van der Waals surface area contributed by atoms with Crippen LogP contribution >= 0.6 is 0 Å². The van der Waals surface area contributed by atoms with Crippen molar-refractivity contribution < 1.29 is 13.3 Å². The molecule has 0 bridgehead atoms. The maximum atomic E-state index is 5.92. The first-order valence-electron chi connectivity index (χ1n) is 12.2. The lowest BCUT2D eigenvalue weighted by Crippen LogP contribution is -2.44. The van der Waals surface area contributed by atoms with Crippen LogP contribution in [0.25, 0.3) is 40.0 Å². The normalized spacial score (nSPS) is 11.8. The van der Waals surface area contributed by atoms with E-state index in [1.54, 1.807) is 12.4 Å². The topological polar surface area (TPSA) is 66.4 Å². The molecule has 3 heterocycles. The number of hydrogen-bond donors (Lipinski definition) is 0. The van der Waals surface area contributed by atoms with Crippen LogP contribution in [0.3, 0.4) is 0 Å². The van der Waals surface area contributed by atoms with E-state index in [2.05, 4.69) is 46.4 Å². The standard InChI is InChI=1S/C29H31N3O3Si/c1-4-33-36(34-5-2,35-6-3)20-17-23-13-15-24(16-14-23)25-21-28(26-11-7-9-18-30-26)32-29(22-25)27-12-8-10-19-31-27/h7-22H,4-6H2,1-3H3/b20-17+. The average molecular weight is 498 g/mol. The fourth-order valence-electron chi connectivity index (χ4n) is 3.85. The maximum Gasteiger partial charge on any atom is 0.529 e. The average Bonchev–Trinajstić information content (AvgIpc) is 2.93. The molecule has 0 fully saturated rings. The van der Waals surface area contributed by atoms with Crippen LogP contribution in [-0.2, 0) is 13.3 Å². The van der Waals surface area contributed by atoms with Gasteiger partial charge in [-0.15, -0.1) is 0 Å². The van der Waals surface area contributed by atoms with Gasteiger partial charge in [0.15, 0.2) is 0 Å². The zero-order valence-corrected chi connectivity index (χ0v) is 21.9. The predicted octanol–water partition coefficient (Wildman–Crippen LogP) is 6.47. The van der Waals surface area contributed by atoms with Crippen molar-refractivity contribution in [1.82, 2.24) is 15.0 Å². The number of rotatable bonds is 11. The summed E-state index contributed by atoms with van der Waals surface area (Å²) < 4.78 is 17.8. The Balaban J connectivity index is 1.67. The molecule has 0 N–H and O–H groups in total. The van der Waals surface area contributed by atoms with Crippen LogP contribution in [0.5, 0.6) is 0 Å². The molecule has 184 valence electrons. The van der Waals surface area contributed by atoms with Crippen LogP contribution in [0.2, 0.25) is 0 Å². The van der Waals surface area contributed by atoms with Crippen molar-refractivity contribution in [1.29, 1.82) is 0 Å². The smallest absolute Gasteiger partial charge is 0.371 e. The molecule has 36 heavy (non-hydrogen) atoms. The molecule has 3 aromatic heterocycles. The zero-order valence-electron chi connectivity index (χ0n) is 20.9. The fourth-order valence-corrected chi connectivity index (χ4v) is 5.99. The highest BCUT2D eigenvalue weighted by molar-refractivity contribution is 6.67. The molecule has 0 saturated heterocycles. The minimum Gasteiger partial charge on any atom is -0.371 e. The SMILES string of the molecule is CCO[Si](/C=C/c1ccc(-c2cc(-c3ccccn3)nc(-c3ccccn3)c2)cc1)(OCC)OCC. The summed E-state index contributed by atoms with van der Waals surface area (Å²) >= 11 is 0. The van der Waals surface area contributed by atoms with Crippen molar-refractivity contribution in [2.75, 3.05) is 19.8 Å². The molecule has 0 aliphatic carbocycles. The van der Waals surface area contributed by atoms with Gasteiger partial charge < -0.3 is 13.3 Å². The first-order chi connectivity index (χ1) is 17.7. The summed E-state index contributed by atoms with van der Waals surface area (Å²) in [5.74, 6) is 0. The summed E-state index contributed by atoms with van der Waals surface area (Å²) in [5.41, 5.74) is 8.37. The third-order valence-corrected chi connectivity index (χ3v) is 8.09. The van der Waals surface area contributed by atoms with E-state index in [9.17, 15) is 0 Å². The summed E-state index contributed by atoms with van der Waals surface area (Å²) in [6.45, 7) is 7.47. The molecule has 0 saturated carbocycles. The number of aromatic nitrogens is 3. The van der Waals surface area contributed by atoms with Crippen molar-refractivity contribution in [3.63, 3.8) is 0 Å². The molecule has 0 atom stereocenters. The van der Waals surface area contributed by atoms with Gasteiger partial charge >= 0.3 is 8.80 Å². The van der Waals surface area contributed by atoms with Crippen molar-refractivity contribution in [3.05, 3.63) is 96.5 Å². The van der Waals surface area contributed by atoms with Crippen molar-refractivity contribution in [2.45, 2.75) is 20.8 Å². The van der Waals surface area contributed by atoms with Gasteiger partial charge in [-0.3, -0.25) is 9.97 Å². The molecule has 4 aromatic rings. The van der Waals surface area contributed by atoms with E-state index in [4.69, 9.17) is 18.3 Å². The van der Waals surface area contributed by atoms with Gasteiger partial charge in [-0.2, -0.15) is 0 Å². The van der Waals surface area contributed by atoms with Gasteiger partial charge in [-0.05, 0) is 79.6 Å². The molecule has 0 aliphatic heterocycles. The summed E-state index contributed by atoms with van der Waals surface area (Å²) in [4.78, 5) is 13.9. The predicted molar refractivity (Wildman–Crippen MR) is 146 cm³/mol. The summed E-state index contributed by atoms with van der Waals surface area (Å²) in [6, 6.07) is 24.2. The Labute approximate surface area is 214 Å². The van der Waals surface area contributed by atoms with Crippen LogP contribution in [-0.4, -0.2) is 43.6 Å². The Hall–Kier alpha value is -3.49. The Morgan fingerprint density at radius 3 is 1.61 bits per heavy atom. The number of pyridine rings is 3. The van der Waals surface area contributed by atoms with Gasteiger partial charge in [0.1, 0.15) is 0 Å². The third-order valence-electron chi connectivity index (χ3n) is 5.44. The second-order valence-corrected chi connectivity index (χ2v) is 10.3. The highest BCUT2D eigenvalue weighted by Gasteiger charge is 2.37. The molecule has 0 aliphatic rings. The van der Waals surface area contributed by atoms with Crippen molar-refractivity contribution in [3.8, 4) is 33.9 Å². The molecular formula is C29H31N3O3Si. The molecule has 0 unspecified atom stereocenters. The highest BCUT2D eigenvalue weighted by atomic mass is 28.4. The molecule has 0 spiro atoms. The lowest BCUT2D eigenvalue weighted by Gasteiger charge is -2.25.